The molecule has 0 spiro atoms. The van der Waals surface area contributed by atoms with Crippen LogP contribution in [-0.2, 0) is 9.47 Å². The minimum Gasteiger partial charge on any atom is -0.392 e. The van der Waals surface area contributed by atoms with Crippen LogP contribution in [0, 0.1) is 11.3 Å². The van der Waals surface area contributed by atoms with Crippen molar-refractivity contribution in [2.75, 3.05) is 33.9 Å². The highest BCUT2D eigenvalue weighted by Crippen LogP contribution is 2.41. The average Bonchev–Trinajstić information content (AvgIpc) is 2.85. The van der Waals surface area contributed by atoms with Gasteiger partial charge in [0.2, 0.25) is 0 Å². The minimum atomic E-state index is -0.180. The molecule has 4 nitrogen and oxygen atoms in total. The van der Waals surface area contributed by atoms with Crippen molar-refractivity contribution in [2.24, 2.45) is 11.3 Å². The molecular formula is C14H27NO3. The fourth-order valence-electron chi connectivity index (χ4n) is 3.44. The van der Waals surface area contributed by atoms with Crippen LogP contribution in [0.25, 0.3) is 0 Å². The zero-order valence-electron chi connectivity index (χ0n) is 12.1. The Hall–Kier alpha value is -0.160. The van der Waals surface area contributed by atoms with Crippen LogP contribution < -0.4 is 0 Å². The molecule has 1 aliphatic heterocycles. The molecule has 18 heavy (non-hydrogen) atoms. The van der Waals surface area contributed by atoms with Crippen LogP contribution in [0.1, 0.15) is 26.7 Å². The molecule has 2 fully saturated rings. The van der Waals surface area contributed by atoms with E-state index in [0.29, 0.717) is 5.92 Å². The van der Waals surface area contributed by atoms with Gasteiger partial charge in [0.1, 0.15) is 0 Å². The monoisotopic (exact) mass is 257 g/mol. The molecule has 2 rings (SSSR count). The van der Waals surface area contributed by atoms with Gasteiger partial charge in [-0.05, 0) is 24.2 Å². The van der Waals surface area contributed by atoms with Crippen molar-refractivity contribution in [3.05, 3.63) is 0 Å². The van der Waals surface area contributed by atoms with Gasteiger partial charge >= 0.3 is 0 Å². The van der Waals surface area contributed by atoms with Gasteiger partial charge in [-0.2, -0.15) is 0 Å². The number of hydrogen-bond donors (Lipinski definition) is 1. The molecule has 4 heteroatoms. The third kappa shape index (κ3) is 2.72. The van der Waals surface area contributed by atoms with Crippen LogP contribution in [0.5, 0.6) is 0 Å². The van der Waals surface area contributed by atoms with Crippen molar-refractivity contribution in [3.63, 3.8) is 0 Å². The van der Waals surface area contributed by atoms with Crippen molar-refractivity contribution in [2.45, 2.75) is 45.0 Å². The highest BCUT2D eigenvalue weighted by Gasteiger charge is 2.43. The van der Waals surface area contributed by atoms with Gasteiger partial charge in [-0.15, -0.1) is 0 Å². The van der Waals surface area contributed by atoms with Crippen LogP contribution in [0.3, 0.4) is 0 Å². The Balaban J connectivity index is 1.88. The van der Waals surface area contributed by atoms with E-state index in [-0.39, 0.29) is 23.7 Å². The maximum absolute atomic E-state index is 10.3. The number of methoxy groups -OCH3 is 2. The van der Waals surface area contributed by atoms with Crippen molar-refractivity contribution in [1.29, 1.82) is 0 Å². The normalized spacial score (nSPS) is 40.5. The Labute approximate surface area is 110 Å². The molecular weight excluding hydrogens is 230 g/mol. The predicted molar refractivity (Wildman–Crippen MR) is 70.5 cm³/mol. The number of rotatable bonds is 4. The Morgan fingerprint density at radius 3 is 2.11 bits per heavy atom. The van der Waals surface area contributed by atoms with Gasteiger partial charge in [0.25, 0.3) is 0 Å². The minimum absolute atomic E-state index is 0.0751. The second kappa shape index (κ2) is 5.45. The molecule has 2 aliphatic rings. The molecule has 1 N–H and O–H groups in total. The lowest BCUT2D eigenvalue weighted by Crippen LogP contribution is -2.36. The molecule has 1 saturated heterocycles. The molecule has 4 atom stereocenters. The number of likely N-dealkylation sites (tertiary alicyclic amines) is 1. The highest BCUT2D eigenvalue weighted by molar-refractivity contribution is 4.94. The van der Waals surface area contributed by atoms with Crippen molar-refractivity contribution < 1.29 is 14.6 Å². The third-order valence-electron chi connectivity index (χ3n) is 4.80. The second-order valence-corrected chi connectivity index (χ2v) is 6.50. The van der Waals surface area contributed by atoms with Crippen LogP contribution in [-0.4, -0.2) is 62.2 Å². The summed E-state index contributed by atoms with van der Waals surface area (Å²) in [5.41, 5.74) is 0.0751. The van der Waals surface area contributed by atoms with E-state index in [0.717, 1.165) is 32.5 Å². The Morgan fingerprint density at radius 2 is 1.72 bits per heavy atom. The van der Waals surface area contributed by atoms with E-state index in [1.165, 1.54) is 0 Å². The van der Waals surface area contributed by atoms with Crippen LogP contribution in [0.2, 0.25) is 0 Å². The summed E-state index contributed by atoms with van der Waals surface area (Å²) in [6.07, 6.45) is 2.40. The summed E-state index contributed by atoms with van der Waals surface area (Å²) in [5.74, 6) is 0.396. The standard InChI is InChI=1S/C14H27NO3/c1-14(2)6-5-10(13(14)16)7-15-8-11(17-3)12(9-15)18-4/h10-13,16H,5-9H2,1-4H3. The summed E-state index contributed by atoms with van der Waals surface area (Å²) < 4.78 is 10.9. The predicted octanol–water partition coefficient (Wildman–Crippen LogP) is 1.13. The Bertz CT molecular complexity index is 270. The van der Waals surface area contributed by atoms with E-state index in [1.807, 2.05) is 0 Å². The van der Waals surface area contributed by atoms with Gasteiger partial charge < -0.3 is 14.6 Å². The molecule has 1 heterocycles. The van der Waals surface area contributed by atoms with Crippen LogP contribution in [0.4, 0.5) is 0 Å². The number of aliphatic hydroxyl groups is 1. The lowest BCUT2D eigenvalue weighted by Gasteiger charge is -2.28. The molecule has 0 aromatic heterocycles. The zero-order valence-corrected chi connectivity index (χ0v) is 12.1. The van der Waals surface area contributed by atoms with Crippen LogP contribution >= 0.6 is 0 Å². The molecule has 106 valence electrons. The average molecular weight is 257 g/mol. The summed E-state index contributed by atoms with van der Waals surface area (Å²) >= 11 is 0. The molecule has 0 amide bonds. The summed E-state index contributed by atoms with van der Waals surface area (Å²) in [7, 11) is 3.49. The van der Waals surface area contributed by atoms with Gasteiger partial charge in [-0.25, -0.2) is 0 Å². The smallest absolute Gasteiger partial charge is 0.0971 e. The summed E-state index contributed by atoms with van der Waals surface area (Å²) in [5, 5.41) is 10.3. The van der Waals surface area contributed by atoms with Crippen molar-refractivity contribution >= 4 is 0 Å². The van der Waals surface area contributed by atoms with Gasteiger partial charge in [-0.1, -0.05) is 13.8 Å². The number of nitrogens with zero attached hydrogens (tertiary/aromatic N) is 1. The highest BCUT2D eigenvalue weighted by atomic mass is 16.5. The first-order chi connectivity index (χ1) is 8.47. The molecule has 0 aromatic carbocycles. The fraction of sp³-hybridized carbons (Fsp3) is 1.00. The lowest BCUT2D eigenvalue weighted by atomic mass is 9.87. The molecule has 1 aliphatic carbocycles. The first kappa shape index (κ1) is 14.3. The van der Waals surface area contributed by atoms with E-state index >= 15 is 0 Å². The van der Waals surface area contributed by atoms with Gasteiger partial charge in [0, 0.05) is 33.9 Å². The Morgan fingerprint density at radius 1 is 1.17 bits per heavy atom. The second-order valence-electron chi connectivity index (χ2n) is 6.50. The summed E-state index contributed by atoms with van der Waals surface area (Å²) in [6, 6.07) is 0. The summed E-state index contributed by atoms with van der Waals surface area (Å²) in [6.45, 7) is 7.12. The molecule has 0 bridgehead atoms. The van der Waals surface area contributed by atoms with Crippen molar-refractivity contribution in [3.8, 4) is 0 Å². The lowest BCUT2D eigenvalue weighted by molar-refractivity contribution is -0.00461. The van der Waals surface area contributed by atoms with E-state index in [2.05, 4.69) is 18.7 Å². The Kier molecular flexibility index (Phi) is 4.32. The first-order valence-corrected chi connectivity index (χ1v) is 6.94. The van der Waals surface area contributed by atoms with E-state index in [4.69, 9.17) is 9.47 Å². The third-order valence-corrected chi connectivity index (χ3v) is 4.80. The zero-order chi connectivity index (χ0) is 13.3. The van der Waals surface area contributed by atoms with Crippen LogP contribution in [0.15, 0.2) is 0 Å². The van der Waals surface area contributed by atoms with E-state index in [9.17, 15) is 5.11 Å². The number of hydrogen-bond acceptors (Lipinski definition) is 4. The van der Waals surface area contributed by atoms with E-state index < -0.39 is 0 Å². The van der Waals surface area contributed by atoms with Gasteiger partial charge in [-0.3, -0.25) is 4.90 Å². The molecule has 0 aromatic rings. The molecule has 0 radical (unpaired) electrons. The molecule has 1 saturated carbocycles. The maximum Gasteiger partial charge on any atom is 0.0971 e. The van der Waals surface area contributed by atoms with Gasteiger partial charge in [0.15, 0.2) is 0 Å². The maximum atomic E-state index is 10.3. The fourth-order valence-corrected chi connectivity index (χ4v) is 3.44. The van der Waals surface area contributed by atoms with Crippen molar-refractivity contribution in [1.82, 2.24) is 4.90 Å². The topological polar surface area (TPSA) is 41.9 Å². The van der Waals surface area contributed by atoms with Gasteiger partial charge in [0.05, 0.1) is 18.3 Å². The number of aliphatic hydroxyl groups excluding tert-OH is 1. The SMILES string of the molecule is COC1CN(CC2CCC(C)(C)C2O)CC1OC. The first-order valence-electron chi connectivity index (χ1n) is 6.94. The quantitative estimate of drug-likeness (QED) is 0.820. The molecule has 4 unspecified atom stereocenters. The largest absolute Gasteiger partial charge is 0.392 e. The van der Waals surface area contributed by atoms with E-state index in [1.54, 1.807) is 14.2 Å². The number of ether oxygens (including phenoxy) is 2. The summed E-state index contributed by atoms with van der Waals surface area (Å²) in [4.78, 5) is 2.37.